The molecule has 0 rings (SSSR count). The van der Waals surface area contributed by atoms with Gasteiger partial charge in [-0.2, -0.15) is 13.2 Å². The number of nitrogens with one attached hydrogen (secondary N) is 1. The van der Waals surface area contributed by atoms with Crippen LogP contribution in [0.3, 0.4) is 0 Å². The van der Waals surface area contributed by atoms with E-state index in [9.17, 15) is 18.0 Å². The molecule has 2 atom stereocenters. The summed E-state index contributed by atoms with van der Waals surface area (Å²) in [5.74, 6) is -1.20. The highest BCUT2D eigenvalue weighted by molar-refractivity contribution is 5.86. The van der Waals surface area contributed by atoms with E-state index in [2.05, 4.69) is 5.32 Å². The van der Waals surface area contributed by atoms with Crippen LogP contribution >= 0.6 is 0 Å². The van der Waals surface area contributed by atoms with Gasteiger partial charge in [-0.1, -0.05) is 6.92 Å². The van der Waals surface area contributed by atoms with E-state index in [0.717, 1.165) is 0 Å². The smallest absolute Gasteiger partial charge is 0.352 e. The summed E-state index contributed by atoms with van der Waals surface area (Å²) in [6, 6.07) is -0.312. The molecule has 0 aromatic heterocycles. The molecule has 6 heteroatoms. The Morgan fingerprint density at radius 1 is 1.50 bits per heavy atom. The highest BCUT2D eigenvalue weighted by Gasteiger charge is 2.53. The summed E-state index contributed by atoms with van der Waals surface area (Å²) in [7, 11) is 0. The molecule has 0 aromatic carbocycles. The van der Waals surface area contributed by atoms with Crippen molar-refractivity contribution in [2.75, 3.05) is 0 Å². The first-order valence-corrected chi connectivity index (χ1v) is 4.29. The molecule has 84 valence electrons. The summed E-state index contributed by atoms with van der Waals surface area (Å²) in [4.78, 5) is 11.1. The lowest BCUT2D eigenvalue weighted by molar-refractivity contribution is -0.187. The molecule has 3 nitrogen and oxygen atoms in total. The average molecular weight is 212 g/mol. The minimum atomic E-state index is -4.73. The minimum absolute atomic E-state index is 0.312. The third-order valence-corrected chi connectivity index (χ3v) is 2.05. The summed E-state index contributed by atoms with van der Waals surface area (Å²) in [5.41, 5.74) is 2.08. The van der Waals surface area contributed by atoms with Crippen LogP contribution in [-0.2, 0) is 4.79 Å². The topological polar surface area (TPSA) is 55.1 Å². The number of halogens is 3. The Morgan fingerprint density at radius 2 is 1.93 bits per heavy atom. The maximum atomic E-state index is 12.3. The zero-order valence-corrected chi connectivity index (χ0v) is 8.40. The van der Waals surface area contributed by atoms with Crippen molar-refractivity contribution in [3.63, 3.8) is 0 Å². The maximum absolute atomic E-state index is 12.3. The van der Waals surface area contributed by atoms with Gasteiger partial charge < -0.3 is 11.1 Å². The third-order valence-electron chi connectivity index (χ3n) is 2.05. The van der Waals surface area contributed by atoms with Crippen molar-refractivity contribution in [2.24, 2.45) is 5.73 Å². The third kappa shape index (κ3) is 2.87. The lowest BCUT2D eigenvalue weighted by Gasteiger charge is -2.27. The average Bonchev–Trinajstić information content (AvgIpc) is 2.01. The molecular formula is C8H15F3N2O. The van der Waals surface area contributed by atoms with Gasteiger partial charge in [-0.3, -0.25) is 4.79 Å². The summed E-state index contributed by atoms with van der Waals surface area (Å²) in [6.07, 6.45) is -4.18. The van der Waals surface area contributed by atoms with Crippen LogP contribution in [0.2, 0.25) is 0 Å². The summed E-state index contributed by atoms with van der Waals surface area (Å²) in [6.45, 7) is 4.03. The van der Waals surface area contributed by atoms with Gasteiger partial charge in [0.15, 0.2) is 5.54 Å². The molecule has 3 N–H and O–H groups in total. The molecule has 0 radical (unpaired) electrons. The Kier molecular flexibility index (Phi) is 3.93. The Bertz CT molecular complexity index is 213. The van der Waals surface area contributed by atoms with Crippen molar-refractivity contribution in [2.45, 2.75) is 44.9 Å². The van der Waals surface area contributed by atoms with E-state index < -0.39 is 17.6 Å². The van der Waals surface area contributed by atoms with Crippen LogP contribution in [-0.4, -0.2) is 23.7 Å². The minimum Gasteiger partial charge on any atom is -0.352 e. The van der Waals surface area contributed by atoms with Gasteiger partial charge in [-0.15, -0.1) is 0 Å². The number of alkyl halides is 3. The van der Waals surface area contributed by atoms with Crippen molar-refractivity contribution in [3.05, 3.63) is 0 Å². The fraction of sp³-hybridized carbons (Fsp3) is 0.875. The predicted molar refractivity (Wildman–Crippen MR) is 46.5 cm³/mol. The van der Waals surface area contributed by atoms with Gasteiger partial charge in [0.05, 0.1) is 0 Å². The van der Waals surface area contributed by atoms with Crippen molar-refractivity contribution in [1.82, 2.24) is 5.32 Å². The molecule has 0 fully saturated rings. The molecule has 0 saturated carbocycles. The second-order valence-electron chi connectivity index (χ2n) is 3.48. The van der Waals surface area contributed by atoms with E-state index in [1.54, 1.807) is 13.8 Å². The number of rotatable bonds is 3. The molecule has 14 heavy (non-hydrogen) atoms. The SMILES string of the molecule is CCC(C)NC(=O)C(C)(N)C(F)(F)F. The normalized spacial score (nSPS) is 18.5. The van der Waals surface area contributed by atoms with Crippen molar-refractivity contribution < 1.29 is 18.0 Å². The monoisotopic (exact) mass is 212 g/mol. The van der Waals surface area contributed by atoms with Crippen LogP contribution in [0, 0.1) is 0 Å². The number of amides is 1. The summed E-state index contributed by atoms with van der Waals surface area (Å²) in [5, 5.41) is 2.19. The van der Waals surface area contributed by atoms with Gasteiger partial charge in [0.1, 0.15) is 0 Å². The summed E-state index contributed by atoms with van der Waals surface area (Å²) >= 11 is 0. The van der Waals surface area contributed by atoms with E-state index in [4.69, 9.17) is 5.73 Å². The molecule has 0 spiro atoms. The molecule has 0 aliphatic carbocycles. The van der Waals surface area contributed by atoms with Crippen LogP contribution in [0.25, 0.3) is 0 Å². The van der Waals surface area contributed by atoms with Crippen molar-refractivity contribution in [1.29, 1.82) is 0 Å². The number of hydrogen-bond donors (Lipinski definition) is 2. The van der Waals surface area contributed by atoms with E-state index in [1.165, 1.54) is 0 Å². The van der Waals surface area contributed by atoms with Gasteiger partial charge in [0.2, 0.25) is 5.91 Å². The predicted octanol–water partition coefficient (Wildman–Crippen LogP) is 1.18. The first kappa shape index (κ1) is 13.2. The molecule has 0 aromatic rings. The van der Waals surface area contributed by atoms with E-state index in [0.29, 0.717) is 13.3 Å². The van der Waals surface area contributed by atoms with Crippen LogP contribution in [0.15, 0.2) is 0 Å². The van der Waals surface area contributed by atoms with Crippen LogP contribution in [0.4, 0.5) is 13.2 Å². The van der Waals surface area contributed by atoms with Gasteiger partial charge in [-0.25, -0.2) is 0 Å². The van der Waals surface area contributed by atoms with Gasteiger partial charge in [0, 0.05) is 6.04 Å². The standard InChI is InChI=1S/C8H15F3N2O/c1-4-5(2)13-6(14)7(3,12)8(9,10)11/h5H,4,12H2,1-3H3,(H,13,14). The largest absolute Gasteiger partial charge is 0.415 e. The Balaban J connectivity index is 4.53. The quantitative estimate of drug-likeness (QED) is 0.738. The van der Waals surface area contributed by atoms with Gasteiger partial charge >= 0.3 is 6.18 Å². The zero-order valence-electron chi connectivity index (χ0n) is 8.40. The highest BCUT2D eigenvalue weighted by atomic mass is 19.4. The van der Waals surface area contributed by atoms with Gasteiger partial charge in [-0.05, 0) is 20.3 Å². The Labute approximate surface area is 80.8 Å². The Morgan fingerprint density at radius 3 is 2.21 bits per heavy atom. The molecule has 0 bridgehead atoms. The van der Waals surface area contributed by atoms with Crippen LogP contribution < -0.4 is 11.1 Å². The van der Waals surface area contributed by atoms with Crippen LogP contribution in [0.5, 0.6) is 0 Å². The molecule has 2 unspecified atom stereocenters. The second-order valence-corrected chi connectivity index (χ2v) is 3.48. The molecule has 0 aliphatic heterocycles. The summed E-state index contributed by atoms with van der Waals surface area (Å²) < 4.78 is 36.8. The van der Waals surface area contributed by atoms with Crippen molar-refractivity contribution >= 4 is 5.91 Å². The second kappa shape index (κ2) is 4.16. The van der Waals surface area contributed by atoms with Crippen LogP contribution in [0.1, 0.15) is 27.2 Å². The fourth-order valence-electron chi connectivity index (χ4n) is 0.605. The van der Waals surface area contributed by atoms with E-state index >= 15 is 0 Å². The Hall–Kier alpha value is -0.780. The number of carbonyl (C=O) groups is 1. The molecule has 0 heterocycles. The van der Waals surface area contributed by atoms with Gasteiger partial charge in [0.25, 0.3) is 0 Å². The lowest BCUT2D eigenvalue weighted by atomic mass is 10.0. The fourth-order valence-corrected chi connectivity index (χ4v) is 0.605. The zero-order chi connectivity index (χ0) is 11.6. The molecule has 0 aliphatic rings. The van der Waals surface area contributed by atoms with E-state index in [1.807, 2.05) is 0 Å². The number of nitrogens with two attached hydrogens (primary N) is 1. The molecular weight excluding hydrogens is 197 g/mol. The molecule has 1 amide bonds. The first-order chi connectivity index (χ1) is 6.13. The number of carbonyl (C=O) groups excluding carboxylic acids is 1. The highest BCUT2D eigenvalue weighted by Crippen LogP contribution is 2.27. The number of hydrogen-bond acceptors (Lipinski definition) is 2. The van der Waals surface area contributed by atoms with E-state index in [-0.39, 0.29) is 6.04 Å². The lowest BCUT2D eigenvalue weighted by Crippen LogP contribution is -2.62. The maximum Gasteiger partial charge on any atom is 0.415 e. The van der Waals surface area contributed by atoms with Crippen molar-refractivity contribution in [3.8, 4) is 0 Å². The molecule has 0 saturated heterocycles. The first-order valence-electron chi connectivity index (χ1n) is 4.29.